The standard InChI is InChI=1S/C29H33ClN2O3/c1-4-16-31-29(34)26(18-23-10-6-5-7-11-23)32(19-24-12-8-9-13-25(24)30)28(33)20-35-27-17-21(2)14-15-22(27)3/h5-15,17,26H,4,16,18-20H2,1-3H3,(H,31,34)/t26-/m0/s1. The third-order valence-electron chi connectivity index (χ3n) is 5.81. The van der Waals surface area contributed by atoms with Crippen molar-refractivity contribution in [3.8, 4) is 5.75 Å². The van der Waals surface area contributed by atoms with Crippen LogP contribution in [-0.2, 0) is 22.6 Å². The minimum absolute atomic E-state index is 0.179. The molecule has 3 rings (SSSR count). The maximum absolute atomic E-state index is 13.6. The molecule has 3 aromatic carbocycles. The van der Waals surface area contributed by atoms with Crippen LogP contribution in [0, 0.1) is 13.8 Å². The van der Waals surface area contributed by atoms with Crippen molar-refractivity contribution in [2.45, 2.75) is 46.2 Å². The normalized spacial score (nSPS) is 11.5. The van der Waals surface area contributed by atoms with Crippen LogP contribution in [0.2, 0.25) is 5.02 Å². The molecule has 184 valence electrons. The Labute approximate surface area is 213 Å². The lowest BCUT2D eigenvalue weighted by Crippen LogP contribution is -2.51. The zero-order valence-corrected chi connectivity index (χ0v) is 21.3. The molecule has 6 heteroatoms. The average molecular weight is 493 g/mol. The van der Waals surface area contributed by atoms with Gasteiger partial charge in [0.1, 0.15) is 11.8 Å². The second-order valence-electron chi connectivity index (χ2n) is 8.67. The van der Waals surface area contributed by atoms with Gasteiger partial charge < -0.3 is 15.0 Å². The van der Waals surface area contributed by atoms with Crippen molar-refractivity contribution in [2.75, 3.05) is 13.2 Å². The molecule has 2 amide bonds. The molecule has 5 nitrogen and oxygen atoms in total. The number of carbonyl (C=O) groups is 2. The molecular weight excluding hydrogens is 460 g/mol. The molecule has 0 unspecified atom stereocenters. The summed E-state index contributed by atoms with van der Waals surface area (Å²) in [5.41, 5.74) is 3.74. The molecule has 0 aromatic heterocycles. The van der Waals surface area contributed by atoms with E-state index in [1.54, 1.807) is 11.0 Å². The topological polar surface area (TPSA) is 58.6 Å². The number of benzene rings is 3. The van der Waals surface area contributed by atoms with Crippen LogP contribution < -0.4 is 10.1 Å². The van der Waals surface area contributed by atoms with Crippen molar-refractivity contribution in [1.82, 2.24) is 10.2 Å². The number of hydrogen-bond donors (Lipinski definition) is 1. The van der Waals surface area contributed by atoms with Crippen LogP contribution in [0.5, 0.6) is 5.75 Å². The lowest BCUT2D eigenvalue weighted by molar-refractivity contribution is -0.142. The van der Waals surface area contributed by atoms with Crippen molar-refractivity contribution in [3.63, 3.8) is 0 Å². The smallest absolute Gasteiger partial charge is 0.261 e. The summed E-state index contributed by atoms with van der Waals surface area (Å²) in [5, 5.41) is 3.52. The van der Waals surface area contributed by atoms with E-state index in [9.17, 15) is 9.59 Å². The molecule has 0 bridgehead atoms. The number of ether oxygens (including phenoxy) is 1. The van der Waals surface area contributed by atoms with Gasteiger partial charge >= 0.3 is 0 Å². The predicted octanol–water partition coefficient (Wildman–Crippen LogP) is 5.50. The number of amides is 2. The zero-order valence-electron chi connectivity index (χ0n) is 20.6. The fraction of sp³-hybridized carbons (Fsp3) is 0.310. The first-order valence-corrected chi connectivity index (χ1v) is 12.3. The summed E-state index contributed by atoms with van der Waals surface area (Å²) in [6.07, 6.45) is 1.19. The van der Waals surface area contributed by atoms with Crippen molar-refractivity contribution in [2.24, 2.45) is 0 Å². The fourth-order valence-electron chi connectivity index (χ4n) is 3.82. The molecule has 0 radical (unpaired) electrons. The first kappa shape index (κ1) is 26.3. The highest BCUT2D eigenvalue weighted by atomic mass is 35.5. The molecule has 0 fully saturated rings. The summed E-state index contributed by atoms with van der Waals surface area (Å²) in [4.78, 5) is 28.5. The van der Waals surface area contributed by atoms with Gasteiger partial charge in [0.25, 0.3) is 5.91 Å². The molecule has 0 aliphatic rings. The minimum Gasteiger partial charge on any atom is -0.483 e. The third-order valence-corrected chi connectivity index (χ3v) is 6.18. The molecule has 0 aliphatic carbocycles. The maximum atomic E-state index is 13.6. The molecule has 1 N–H and O–H groups in total. The van der Waals surface area contributed by atoms with E-state index in [1.807, 2.05) is 87.5 Å². The Hall–Kier alpha value is -3.31. The molecule has 3 aromatic rings. The van der Waals surface area contributed by atoms with Gasteiger partial charge in [-0.05, 0) is 54.7 Å². The van der Waals surface area contributed by atoms with E-state index in [4.69, 9.17) is 16.3 Å². The van der Waals surface area contributed by atoms with Gasteiger partial charge in [0.05, 0.1) is 0 Å². The van der Waals surface area contributed by atoms with E-state index in [1.165, 1.54) is 0 Å². The third kappa shape index (κ3) is 7.59. The molecule has 0 heterocycles. The quantitative estimate of drug-likeness (QED) is 0.384. The predicted molar refractivity (Wildman–Crippen MR) is 141 cm³/mol. The van der Waals surface area contributed by atoms with Crippen LogP contribution in [0.4, 0.5) is 0 Å². The van der Waals surface area contributed by atoms with E-state index in [0.717, 1.165) is 28.7 Å². The van der Waals surface area contributed by atoms with Crippen LogP contribution >= 0.6 is 11.6 Å². The summed E-state index contributed by atoms with van der Waals surface area (Å²) in [6, 6.07) is 22.3. The SMILES string of the molecule is CCCNC(=O)[C@H](Cc1ccccc1)N(Cc1ccccc1Cl)C(=O)COc1cc(C)ccc1C. The zero-order chi connectivity index (χ0) is 25.2. The number of carbonyl (C=O) groups excluding carboxylic acids is 2. The van der Waals surface area contributed by atoms with Crippen molar-refractivity contribution >= 4 is 23.4 Å². The van der Waals surface area contributed by atoms with E-state index in [0.29, 0.717) is 23.7 Å². The lowest BCUT2D eigenvalue weighted by Gasteiger charge is -2.31. The highest BCUT2D eigenvalue weighted by molar-refractivity contribution is 6.31. The molecule has 0 saturated heterocycles. The summed E-state index contributed by atoms with van der Waals surface area (Å²) in [6.45, 7) is 6.48. The Morgan fingerprint density at radius 1 is 1.00 bits per heavy atom. The van der Waals surface area contributed by atoms with E-state index < -0.39 is 6.04 Å². The number of nitrogens with zero attached hydrogens (tertiary/aromatic N) is 1. The van der Waals surface area contributed by atoms with E-state index >= 15 is 0 Å². The Morgan fingerprint density at radius 2 is 1.71 bits per heavy atom. The number of aryl methyl sites for hydroxylation is 2. The molecule has 0 aliphatic heterocycles. The maximum Gasteiger partial charge on any atom is 0.261 e. The lowest BCUT2D eigenvalue weighted by atomic mass is 10.0. The number of rotatable bonds is 11. The molecular formula is C29H33ClN2O3. The highest BCUT2D eigenvalue weighted by Gasteiger charge is 2.31. The van der Waals surface area contributed by atoms with Crippen LogP contribution in [0.1, 0.15) is 35.6 Å². The Kier molecular flexibility index (Phi) is 9.74. The summed E-state index contributed by atoms with van der Waals surface area (Å²) >= 11 is 6.44. The Morgan fingerprint density at radius 3 is 2.43 bits per heavy atom. The second-order valence-corrected chi connectivity index (χ2v) is 9.07. The van der Waals surface area contributed by atoms with Gasteiger partial charge in [-0.25, -0.2) is 0 Å². The Balaban J connectivity index is 1.92. The second kappa shape index (κ2) is 13.0. The van der Waals surface area contributed by atoms with Gasteiger partial charge in [0.2, 0.25) is 5.91 Å². The number of hydrogen-bond acceptors (Lipinski definition) is 3. The molecule has 35 heavy (non-hydrogen) atoms. The molecule has 1 atom stereocenters. The Bertz CT molecular complexity index is 1130. The number of nitrogens with one attached hydrogen (secondary N) is 1. The van der Waals surface area contributed by atoms with Gasteiger partial charge in [-0.1, -0.05) is 79.2 Å². The first-order valence-electron chi connectivity index (χ1n) is 11.9. The van der Waals surface area contributed by atoms with E-state index in [-0.39, 0.29) is 25.0 Å². The molecule has 0 spiro atoms. The van der Waals surface area contributed by atoms with Gasteiger partial charge in [-0.3, -0.25) is 9.59 Å². The van der Waals surface area contributed by atoms with Crippen LogP contribution in [-0.4, -0.2) is 35.9 Å². The number of halogens is 1. The van der Waals surface area contributed by atoms with Gasteiger partial charge in [-0.2, -0.15) is 0 Å². The highest BCUT2D eigenvalue weighted by Crippen LogP contribution is 2.22. The fourth-order valence-corrected chi connectivity index (χ4v) is 4.01. The monoisotopic (exact) mass is 492 g/mol. The summed E-state index contributed by atoms with van der Waals surface area (Å²) in [7, 11) is 0. The first-order chi connectivity index (χ1) is 16.9. The van der Waals surface area contributed by atoms with Gasteiger partial charge in [0.15, 0.2) is 6.61 Å². The average Bonchev–Trinajstić information content (AvgIpc) is 2.86. The molecule has 0 saturated carbocycles. The summed E-state index contributed by atoms with van der Waals surface area (Å²) in [5.74, 6) is 0.187. The van der Waals surface area contributed by atoms with Crippen molar-refractivity contribution in [1.29, 1.82) is 0 Å². The van der Waals surface area contributed by atoms with E-state index in [2.05, 4.69) is 5.32 Å². The van der Waals surface area contributed by atoms with Gasteiger partial charge in [-0.15, -0.1) is 0 Å². The van der Waals surface area contributed by atoms with Crippen LogP contribution in [0.3, 0.4) is 0 Å². The largest absolute Gasteiger partial charge is 0.483 e. The van der Waals surface area contributed by atoms with Crippen LogP contribution in [0.25, 0.3) is 0 Å². The van der Waals surface area contributed by atoms with Crippen molar-refractivity contribution in [3.05, 3.63) is 100 Å². The van der Waals surface area contributed by atoms with Gasteiger partial charge in [0, 0.05) is 24.5 Å². The van der Waals surface area contributed by atoms with Crippen molar-refractivity contribution < 1.29 is 14.3 Å². The van der Waals surface area contributed by atoms with Crippen LogP contribution in [0.15, 0.2) is 72.8 Å². The minimum atomic E-state index is -0.713. The summed E-state index contributed by atoms with van der Waals surface area (Å²) < 4.78 is 5.93.